The van der Waals surface area contributed by atoms with Crippen molar-refractivity contribution in [3.8, 4) is 0 Å². The van der Waals surface area contributed by atoms with Gasteiger partial charge < -0.3 is 20.4 Å². The standard InChI is InChI=1S/C19H32N6O.HI/c1-4-20-19(23-15-16(2)3)22-10-8-18(26)25-13-11-24(12-14-25)17-7-5-6-9-21-17;/h5-7,9,16H,4,8,10-15H2,1-3H3,(H2,20,22,23);1H. The SMILES string of the molecule is CCNC(=NCC(C)C)NCCC(=O)N1CCN(c2ccccn2)CC1.I. The molecule has 8 heteroatoms. The van der Waals surface area contributed by atoms with E-state index in [1.165, 1.54) is 0 Å². The molecule has 1 amide bonds. The van der Waals surface area contributed by atoms with Gasteiger partial charge in [-0.3, -0.25) is 9.79 Å². The predicted octanol–water partition coefficient (Wildman–Crippen LogP) is 1.95. The highest BCUT2D eigenvalue weighted by Gasteiger charge is 2.21. The van der Waals surface area contributed by atoms with E-state index in [0.29, 0.717) is 18.9 Å². The van der Waals surface area contributed by atoms with Gasteiger partial charge >= 0.3 is 0 Å². The van der Waals surface area contributed by atoms with Gasteiger partial charge in [-0.2, -0.15) is 0 Å². The first-order valence-corrected chi connectivity index (χ1v) is 9.56. The van der Waals surface area contributed by atoms with E-state index in [4.69, 9.17) is 0 Å². The van der Waals surface area contributed by atoms with Crippen LogP contribution in [0, 0.1) is 5.92 Å². The molecule has 0 aromatic carbocycles. The molecule has 0 spiro atoms. The van der Waals surface area contributed by atoms with Crippen LogP contribution >= 0.6 is 24.0 Å². The Kier molecular flexibility index (Phi) is 11.1. The average molecular weight is 488 g/mol. The summed E-state index contributed by atoms with van der Waals surface area (Å²) in [6.07, 6.45) is 2.29. The first-order valence-electron chi connectivity index (χ1n) is 9.56. The van der Waals surface area contributed by atoms with Gasteiger partial charge in [-0.25, -0.2) is 4.98 Å². The summed E-state index contributed by atoms with van der Waals surface area (Å²) in [7, 11) is 0. The molecular weight excluding hydrogens is 455 g/mol. The monoisotopic (exact) mass is 488 g/mol. The second kappa shape index (κ2) is 12.7. The number of nitrogens with zero attached hydrogens (tertiary/aromatic N) is 4. The number of carbonyl (C=O) groups is 1. The smallest absolute Gasteiger partial charge is 0.224 e. The third-order valence-electron chi connectivity index (χ3n) is 4.20. The number of anilines is 1. The van der Waals surface area contributed by atoms with Crippen LogP contribution in [0.5, 0.6) is 0 Å². The number of piperazine rings is 1. The molecule has 1 fully saturated rings. The Bertz CT molecular complexity index is 573. The maximum atomic E-state index is 12.4. The summed E-state index contributed by atoms with van der Waals surface area (Å²) < 4.78 is 0. The fourth-order valence-electron chi connectivity index (χ4n) is 2.79. The van der Waals surface area contributed by atoms with Gasteiger partial charge in [-0.05, 0) is 25.0 Å². The van der Waals surface area contributed by atoms with Crippen LogP contribution in [-0.2, 0) is 4.79 Å². The minimum absolute atomic E-state index is 0. The number of halogens is 1. The van der Waals surface area contributed by atoms with Gasteiger partial charge in [-0.1, -0.05) is 19.9 Å². The molecular formula is C19H33IN6O. The number of aliphatic imine (C=N–C) groups is 1. The summed E-state index contributed by atoms with van der Waals surface area (Å²) in [5, 5.41) is 6.47. The quantitative estimate of drug-likeness (QED) is 0.349. The molecule has 2 N–H and O–H groups in total. The second-order valence-electron chi connectivity index (χ2n) is 6.85. The number of nitrogens with one attached hydrogen (secondary N) is 2. The molecule has 7 nitrogen and oxygen atoms in total. The summed E-state index contributed by atoms with van der Waals surface area (Å²) in [5.41, 5.74) is 0. The molecule has 1 aliphatic rings. The summed E-state index contributed by atoms with van der Waals surface area (Å²) in [4.78, 5) is 25.5. The number of rotatable bonds is 7. The highest BCUT2D eigenvalue weighted by molar-refractivity contribution is 14.0. The van der Waals surface area contributed by atoms with Crippen LogP contribution in [-0.4, -0.2) is 67.6 Å². The van der Waals surface area contributed by atoms with E-state index in [0.717, 1.165) is 51.0 Å². The maximum Gasteiger partial charge on any atom is 0.224 e. The number of amides is 1. The van der Waals surface area contributed by atoms with Gasteiger partial charge in [0, 0.05) is 58.4 Å². The molecule has 0 aliphatic carbocycles. The Labute approximate surface area is 180 Å². The van der Waals surface area contributed by atoms with Crippen LogP contribution in [0.25, 0.3) is 0 Å². The van der Waals surface area contributed by atoms with E-state index >= 15 is 0 Å². The van der Waals surface area contributed by atoms with E-state index in [-0.39, 0.29) is 29.9 Å². The zero-order valence-corrected chi connectivity index (χ0v) is 19.0. The molecule has 0 radical (unpaired) electrons. The van der Waals surface area contributed by atoms with Gasteiger partial charge in [-0.15, -0.1) is 24.0 Å². The van der Waals surface area contributed by atoms with Crippen molar-refractivity contribution in [2.75, 3.05) is 50.7 Å². The zero-order valence-electron chi connectivity index (χ0n) is 16.6. The van der Waals surface area contributed by atoms with Crippen LogP contribution < -0.4 is 15.5 Å². The third kappa shape index (κ3) is 8.32. The van der Waals surface area contributed by atoms with Crippen molar-refractivity contribution in [2.24, 2.45) is 10.9 Å². The second-order valence-corrected chi connectivity index (χ2v) is 6.85. The lowest BCUT2D eigenvalue weighted by Gasteiger charge is -2.35. The van der Waals surface area contributed by atoms with Crippen LogP contribution in [0.3, 0.4) is 0 Å². The lowest BCUT2D eigenvalue weighted by molar-refractivity contribution is -0.131. The van der Waals surface area contributed by atoms with Gasteiger partial charge in [0.1, 0.15) is 5.82 Å². The highest BCUT2D eigenvalue weighted by Crippen LogP contribution is 2.12. The van der Waals surface area contributed by atoms with Gasteiger partial charge in [0.2, 0.25) is 5.91 Å². The fraction of sp³-hybridized carbons (Fsp3) is 0.632. The Morgan fingerprint density at radius 2 is 1.96 bits per heavy atom. The van der Waals surface area contributed by atoms with E-state index in [9.17, 15) is 4.79 Å². The van der Waals surface area contributed by atoms with Crippen molar-refractivity contribution >= 4 is 41.7 Å². The molecule has 1 aliphatic heterocycles. The number of hydrogen-bond donors (Lipinski definition) is 2. The van der Waals surface area contributed by atoms with Crippen molar-refractivity contribution < 1.29 is 4.79 Å². The summed E-state index contributed by atoms with van der Waals surface area (Å²) in [6.45, 7) is 11.7. The van der Waals surface area contributed by atoms with E-state index in [1.54, 1.807) is 6.20 Å². The van der Waals surface area contributed by atoms with E-state index in [1.807, 2.05) is 30.0 Å². The topological polar surface area (TPSA) is 72.9 Å². The van der Waals surface area contributed by atoms with E-state index in [2.05, 4.69) is 39.4 Å². The first kappa shape index (κ1) is 23.5. The van der Waals surface area contributed by atoms with Crippen molar-refractivity contribution in [1.29, 1.82) is 0 Å². The normalized spacial score (nSPS) is 14.7. The van der Waals surface area contributed by atoms with E-state index < -0.39 is 0 Å². The van der Waals surface area contributed by atoms with Gasteiger partial charge in [0.25, 0.3) is 0 Å². The predicted molar refractivity (Wildman–Crippen MR) is 122 cm³/mol. The fourth-order valence-corrected chi connectivity index (χ4v) is 2.79. The molecule has 0 atom stereocenters. The largest absolute Gasteiger partial charge is 0.357 e. The van der Waals surface area contributed by atoms with Crippen LogP contribution in [0.1, 0.15) is 27.2 Å². The van der Waals surface area contributed by atoms with Crippen molar-refractivity contribution in [3.05, 3.63) is 24.4 Å². The summed E-state index contributed by atoms with van der Waals surface area (Å²) >= 11 is 0. The molecule has 1 aromatic heterocycles. The van der Waals surface area contributed by atoms with Gasteiger partial charge in [0.15, 0.2) is 5.96 Å². The Hall–Kier alpha value is -1.58. The van der Waals surface area contributed by atoms with Crippen LogP contribution in [0.2, 0.25) is 0 Å². The molecule has 0 unspecified atom stereocenters. The summed E-state index contributed by atoms with van der Waals surface area (Å²) in [5.74, 6) is 2.48. The van der Waals surface area contributed by atoms with Crippen molar-refractivity contribution in [1.82, 2.24) is 20.5 Å². The molecule has 2 rings (SSSR count). The maximum absolute atomic E-state index is 12.4. The number of guanidine groups is 1. The van der Waals surface area contributed by atoms with Crippen molar-refractivity contribution in [3.63, 3.8) is 0 Å². The summed E-state index contributed by atoms with van der Waals surface area (Å²) in [6, 6.07) is 5.93. The molecule has 0 saturated carbocycles. The third-order valence-corrected chi connectivity index (χ3v) is 4.20. The van der Waals surface area contributed by atoms with Gasteiger partial charge in [0.05, 0.1) is 0 Å². The lowest BCUT2D eigenvalue weighted by Crippen LogP contribution is -2.49. The molecule has 1 aromatic rings. The highest BCUT2D eigenvalue weighted by atomic mass is 127. The average Bonchev–Trinajstić information content (AvgIpc) is 2.66. The molecule has 1 saturated heterocycles. The minimum Gasteiger partial charge on any atom is -0.357 e. The van der Waals surface area contributed by atoms with Crippen LogP contribution in [0.15, 0.2) is 29.4 Å². The number of carbonyl (C=O) groups excluding carboxylic acids is 1. The zero-order chi connectivity index (χ0) is 18.8. The lowest BCUT2D eigenvalue weighted by atomic mass is 10.2. The van der Waals surface area contributed by atoms with Crippen LogP contribution in [0.4, 0.5) is 5.82 Å². The van der Waals surface area contributed by atoms with Crippen molar-refractivity contribution in [2.45, 2.75) is 27.2 Å². The number of aromatic nitrogens is 1. The number of hydrogen-bond acceptors (Lipinski definition) is 4. The number of pyridine rings is 1. The molecule has 27 heavy (non-hydrogen) atoms. The Morgan fingerprint density at radius 1 is 1.22 bits per heavy atom. The first-order chi connectivity index (χ1) is 12.6. The molecule has 2 heterocycles. The minimum atomic E-state index is 0. The Balaban J connectivity index is 0.00000364. The molecule has 0 bridgehead atoms. The Morgan fingerprint density at radius 3 is 2.56 bits per heavy atom. The molecule has 152 valence electrons.